The summed E-state index contributed by atoms with van der Waals surface area (Å²) in [5.41, 5.74) is 3.32. The first-order valence-electron chi connectivity index (χ1n) is 8.85. The second-order valence-corrected chi connectivity index (χ2v) is 6.54. The largest absolute Gasteiger partial charge is 0.379 e. The summed E-state index contributed by atoms with van der Waals surface area (Å²) >= 11 is 0. The molecule has 24 heavy (non-hydrogen) atoms. The van der Waals surface area contributed by atoms with Crippen molar-refractivity contribution in [2.75, 3.05) is 44.3 Å². The third-order valence-electron chi connectivity index (χ3n) is 4.81. The van der Waals surface area contributed by atoms with Crippen LogP contribution < -0.4 is 4.90 Å². The second kappa shape index (κ2) is 7.28. The predicted octanol–water partition coefficient (Wildman–Crippen LogP) is 2.58. The molecule has 2 aliphatic heterocycles. The van der Waals surface area contributed by atoms with Crippen molar-refractivity contribution in [1.82, 2.24) is 14.9 Å². The molecule has 2 saturated heterocycles. The molecule has 0 atom stereocenters. The lowest BCUT2D eigenvalue weighted by Crippen LogP contribution is -2.35. The van der Waals surface area contributed by atoms with E-state index in [1.54, 1.807) is 0 Å². The van der Waals surface area contributed by atoms with Gasteiger partial charge in [0.15, 0.2) is 0 Å². The van der Waals surface area contributed by atoms with Crippen LogP contribution in [0, 0.1) is 0 Å². The molecular formula is C19H24N4O. The maximum absolute atomic E-state index is 5.39. The Hall–Kier alpha value is -1.98. The Kier molecular flexibility index (Phi) is 4.71. The van der Waals surface area contributed by atoms with Gasteiger partial charge in [-0.1, -0.05) is 6.07 Å². The highest BCUT2D eigenvalue weighted by atomic mass is 16.5. The van der Waals surface area contributed by atoms with E-state index in [1.807, 2.05) is 12.4 Å². The Morgan fingerprint density at radius 1 is 0.875 bits per heavy atom. The molecular weight excluding hydrogens is 300 g/mol. The van der Waals surface area contributed by atoms with Gasteiger partial charge in [-0.3, -0.25) is 9.88 Å². The lowest BCUT2D eigenvalue weighted by Gasteiger charge is -2.26. The van der Waals surface area contributed by atoms with Gasteiger partial charge >= 0.3 is 0 Å². The molecule has 0 spiro atoms. The van der Waals surface area contributed by atoms with Crippen molar-refractivity contribution in [3.8, 4) is 11.3 Å². The maximum atomic E-state index is 5.39. The molecule has 0 amide bonds. The quantitative estimate of drug-likeness (QED) is 0.865. The normalized spacial score (nSPS) is 18.9. The molecule has 0 bridgehead atoms. The van der Waals surface area contributed by atoms with E-state index in [-0.39, 0.29) is 0 Å². The topological polar surface area (TPSA) is 41.5 Å². The van der Waals surface area contributed by atoms with Crippen LogP contribution in [0.2, 0.25) is 0 Å². The maximum Gasteiger partial charge on any atom is 0.128 e. The van der Waals surface area contributed by atoms with Crippen molar-refractivity contribution in [3.05, 3.63) is 42.2 Å². The zero-order chi connectivity index (χ0) is 16.2. The molecule has 0 aromatic carbocycles. The van der Waals surface area contributed by atoms with Gasteiger partial charge in [0.2, 0.25) is 0 Å². The molecule has 0 aliphatic carbocycles. The van der Waals surface area contributed by atoms with Gasteiger partial charge in [-0.2, -0.15) is 0 Å². The number of hydrogen-bond acceptors (Lipinski definition) is 5. The third kappa shape index (κ3) is 3.57. The molecule has 0 unspecified atom stereocenters. The number of pyridine rings is 2. The molecule has 4 heterocycles. The summed E-state index contributed by atoms with van der Waals surface area (Å²) in [6, 6.07) is 8.52. The first-order chi connectivity index (χ1) is 11.9. The lowest BCUT2D eigenvalue weighted by atomic mass is 10.1. The van der Waals surface area contributed by atoms with Gasteiger partial charge in [0.05, 0.1) is 18.9 Å². The molecule has 126 valence electrons. The Morgan fingerprint density at radius 3 is 2.38 bits per heavy atom. The van der Waals surface area contributed by atoms with Crippen LogP contribution in [-0.2, 0) is 11.3 Å². The van der Waals surface area contributed by atoms with Crippen LogP contribution in [0.1, 0.15) is 18.4 Å². The molecule has 0 saturated carbocycles. The molecule has 0 N–H and O–H groups in total. The standard InChI is InChI=1S/C19H24N4O/c1-2-8-23(7-1)19-6-4-17(14-21-19)18-5-3-16(13-20-18)15-22-9-11-24-12-10-22/h3-6,13-14H,1-2,7-12,15H2. The number of rotatable bonds is 4. The van der Waals surface area contributed by atoms with Crippen LogP contribution >= 0.6 is 0 Å². The zero-order valence-corrected chi connectivity index (χ0v) is 14.0. The molecule has 2 aromatic heterocycles. The van der Waals surface area contributed by atoms with E-state index in [2.05, 4.69) is 44.0 Å². The van der Waals surface area contributed by atoms with E-state index in [0.717, 1.165) is 63.0 Å². The van der Waals surface area contributed by atoms with E-state index in [4.69, 9.17) is 4.74 Å². The minimum atomic E-state index is 0.834. The van der Waals surface area contributed by atoms with E-state index < -0.39 is 0 Å². The Morgan fingerprint density at radius 2 is 1.71 bits per heavy atom. The molecule has 2 aromatic rings. The average molecular weight is 324 g/mol. The van der Waals surface area contributed by atoms with Gasteiger partial charge < -0.3 is 9.64 Å². The van der Waals surface area contributed by atoms with Gasteiger partial charge in [-0.15, -0.1) is 0 Å². The average Bonchev–Trinajstić information content (AvgIpc) is 3.18. The van der Waals surface area contributed by atoms with Crippen molar-refractivity contribution < 1.29 is 4.74 Å². The predicted molar refractivity (Wildman–Crippen MR) is 95.0 cm³/mol. The highest BCUT2D eigenvalue weighted by Crippen LogP contribution is 2.22. The number of ether oxygens (including phenoxy) is 1. The van der Waals surface area contributed by atoms with Gasteiger partial charge in [-0.25, -0.2) is 4.98 Å². The summed E-state index contributed by atoms with van der Waals surface area (Å²) in [6.07, 6.45) is 6.47. The number of anilines is 1. The first kappa shape index (κ1) is 15.5. The van der Waals surface area contributed by atoms with E-state index in [1.165, 1.54) is 18.4 Å². The minimum absolute atomic E-state index is 0.834. The van der Waals surface area contributed by atoms with Gasteiger partial charge in [0.1, 0.15) is 5.82 Å². The van der Waals surface area contributed by atoms with Crippen molar-refractivity contribution in [1.29, 1.82) is 0 Å². The first-order valence-corrected chi connectivity index (χ1v) is 8.85. The van der Waals surface area contributed by atoms with Crippen LogP contribution in [0.3, 0.4) is 0 Å². The molecule has 0 radical (unpaired) electrons. The van der Waals surface area contributed by atoms with Crippen LogP contribution in [-0.4, -0.2) is 54.3 Å². The summed E-state index contributed by atoms with van der Waals surface area (Å²) in [6.45, 7) is 6.87. The second-order valence-electron chi connectivity index (χ2n) is 6.54. The Balaban J connectivity index is 1.42. The van der Waals surface area contributed by atoms with Crippen molar-refractivity contribution >= 4 is 5.82 Å². The summed E-state index contributed by atoms with van der Waals surface area (Å²) < 4.78 is 5.39. The van der Waals surface area contributed by atoms with Gasteiger partial charge in [0.25, 0.3) is 0 Å². The fourth-order valence-electron chi connectivity index (χ4n) is 3.38. The van der Waals surface area contributed by atoms with Gasteiger partial charge in [0, 0.05) is 50.7 Å². The Labute approximate surface area is 143 Å². The lowest BCUT2D eigenvalue weighted by molar-refractivity contribution is 0.0341. The highest BCUT2D eigenvalue weighted by molar-refractivity contribution is 5.60. The summed E-state index contributed by atoms with van der Waals surface area (Å²) in [7, 11) is 0. The zero-order valence-electron chi connectivity index (χ0n) is 14.0. The van der Waals surface area contributed by atoms with E-state index in [9.17, 15) is 0 Å². The number of aromatic nitrogens is 2. The smallest absolute Gasteiger partial charge is 0.128 e. The van der Waals surface area contributed by atoms with Crippen molar-refractivity contribution in [2.24, 2.45) is 0 Å². The highest BCUT2D eigenvalue weighted by Gasteiger charge is 2.14. The minimum Gasteiger partial charge on any atom is -0.379 e. The van der Waals surface area contributed by atoms with Crippen LogP contribution in [0.5, 0.6) is 0 Å². The monoisotopic (exact) mass is 324 g/mol. The molecule has 5 nitrogen and oxygen atoms in total. The van der Waals surface area contributed by atoms with E-state index >= 15 is 0 Å². The fourth-order valence-corrected chi connectivity index (χ4v) is 3.38. The van der Waals surface area contributed by atoms with Crippen molar-refractivity contribution in [2.45, 2.75) is 19.4 Å². The Bertz CT molecular complexity index is 644. The van der Waals surface area contributed by atoms with E-state index in [0.29, 0.717) is 0 Å². The SMILES string of the molecule is c1cc(-c2ccc(N3CCCC3)nc2)ncc1CN1CCOCC1. The summed E-state index contributed by atoms with van der Waals surface area (Å²) in [5.74, 6) is 1.08. The fraction of sp³-hybridized carbons (Fsp3) is 0.474. The summed E-state index contributed by atoms with van der Waals surface area (Å²) in [5, 5.41) is 0. The molecule has 4 rings (SSSR count). The van der Waals surface area contributed by atoms with Crippen LogP contribution in [0.25, 0.3) is 11.3 Å². The number of morpholine rings is 1. The third-order valence-corrected chi connectivity index (χ3v) is 4.81. The summed E-state index contributed by atoms with van der Waals surface area (Å²) in [4.78, 5) is 14.0. The van der Waals surface area contributed by atoms with Crippen LogP contribution in [0.15, 0.2) is 36.7 Å². The number of hydrogen-bond donors (Lipinski definition) is 0. The van der Waals surface area contributed by atoms with Gasteiger partial charge in [-0.05, 0) is 36.6 Å². The molecule has 2 fully saturated rings. The number of nitrogens with zero attached hydrogens (tertiary/aromatic N) is 4. The van der Waals surface area contributed by atoms with Crippen LogP contribution in [0.4, 0.5) is 5.82 Å². The molecule has 5 heteroatoms. The van der Waals surface area contributed by atoms with Crippen molar-refractivity contribution in [3.63, 3.8) is 0 Å². The molecule has 2 aliphatic rings.